The Morgan fingerprint density at radius 3 is 2.17 bits per heavy atom. The van der Waals surface area contributed by atoms with E-state index in [1.807, 2.05) is 0 Å². The number of esters is 1. The second kappa shape index (κ2) is 7.42. The second-order valence-corrected chi connectivity index (χ2v) is 5.09. The van der Waals surface area contributed by atoms with Gasteiger partial charge in [0.15, 0.2) is 0 Å². The minimum absolute atomic E-state index is 0.136. The zero-order valence-corrected chi connectivity index (χ0v) is 12.9. The van der Waals surface area contributed by atoms with E-state index in [0.717, 1.165) is 12.1 Å². The van der Waals surface area contributed by atoms with Gasteiger partial charge in [0.2, 0.25) is 0 Å². The molecule has 0 heterocycles. The number of benzene rings is 1. The van der Waals surface area contributed by atoms with E-state index in [1.165, 1.54) is 6.92 Å². The number of ether oxygens (including phenoxy) is 1. The highest BCUT2D eigenvalue weighted by Gasteiger charge is 2.47. The van der Waals surface area contributed by atoms with Crippen molar-refractivity contribution in [2.45, 2.75) is 25.7 Å². The van der Waals surface area contributed by atoms with Crippen molar-refractivity contribution >= 4 is 23.4 Å². The minimum atomic E-state index is -5.28. The predicted molar refractivity (Wildman–Crippen MR) is 71.3 cm³/mol. The first kappa shape index (κ1) is 20.3. The molecular formula is C14H11ClF6O3. The highest BCUT2D eigenvalue weighted by molar-refractivity contribution is 6.31. The Kier molecular flexibility index (Phi) is 6.26. The van der Waals surface area contributed by atoms with Gasteiger partial charge in [0.25, 0.3) is 5.78 Å². The standard InChI is InChI=1S/C14H11ClF6O3/c1-2-24-12(23)8(11(22)14(19,20)21)5-7-3-4-9(10(15)6-7)13(16,17)18/h3-4,6,8H,2,5H2,1H3. The molecule has 0 radical (unpaired) electrons. The third-order valence-electron chi connectivity index (χ3n) is 2.95. The van der Waals surface area contributed by atoms with E-state index < -0.39 is 47.0 Å². The molecule has 134 valence electrons. The quantitative estimate of drug-likeness (QED) is 0.439. The van der Waals surface area contributed by atoms with Gasteiger partial charge < -0.3 is 4.74 Å². The maximum atomic E-state index is 12.6. The van der Waals surface area contributed by atoms with Crippen LogP contribution in [0.1, 0.15) is 18.1 Å². The van der Waals surface area contributed by atoms with Crippen LogP contribution in [0.15, 0.2) is 18.2 Å². The highest BCUT2D eigenvalue weighted by Crippen LogP contribution is 2.35. The average Bonchev–Trinajstić information content (AvgIpc) is 2.41. The molecule has 1 aromatic carbocycles. The van der Waals surface area contributed by atoms with E-state index in [1.54, 1.807) is 0 Å². The summed E-state index contributed by atoms with van der Waals surface area (Å²) >= 11 is 5.46. The van der Waals surface area contributed by atoms with Crippen molar-refractivity contribution in [3.8, 4) is 0 Å². The van der Waals surface area contributed by atoms with Crippen LogP contribution in [0.4, 0.5) is 26.3 Å². The molecular weight excluding hydrogens is 366 g/mol. The smallest absolute Gasteiger partial charge is 0.450 e. The number of rotatable bonds is 5. The lowest BCUT2D eigenvalue weighted by atomic mass is 9.94. The van der Waals surface area contributed by atoms with Gasteiger partial charge in [-0.05, 0) is 31.0 Å². The Labute approximate surface area is 137 Å². The molecule has 1 rings (SSSR count). The molecule has 3 nitrogen and oxygen atoms in total. The number of Topliss-reactive ketones (excluding diaryl/α,β-unsaturated/α-hetero) is 1. The molecule has 1 aromatic rings. The molecule has 10 heteroatoms. The van der Waals surface area contributed by atoms with Crippen LogP contribution in [0.3, 0.4) is 0 Å². The number of hydrogen-bond acceptors (Lipinski definition) is 3. The van der Waals surface area contributed by atoms with Crippen molar-refractivity contribution in [2.24, 2.45) is 5.92 Å². The van der Waals surface area contributed by atoms with E-state index in [4.69, 9.17) is 11.6 Å². The van der Waals surface area contributed by atoms with E-state index in [0.29, 0.717) is 6.07 Å². The average molecular weight is 377 g/mol. The van der Waals surface area contributed by atoms with Gasteiger partial charge in [0.1, 0.15) is 5.92 Å². The van der Waals surface area contributed by atoms with Gasteiger partial charge in [-0.15, -0.1) is 0 Å². The molecule has 24 heavy (non-hydrogen) atoms. The summed E-state index contributed by atoms with van der Waals surface area (Å²) in [5, 5.41) is -0.748. The Bertz CT molecular complexity index is 624. The maximum absolute atomic E-state index is 12.6. The van der Waals surface area contributed by atoms with E-state index in [2.05, 4.69) is 4.74 Å². The third kappa shape index (κ3) is 5.12. The van der Waals surface area contributed by atoms with Gasteiger partial charge in [-0.1, -0.05) is 17.7 Å². The summed E-state index contributed by atoms with van der Waals surface area (Å²) in [6.45, 7) is 1.08. The first-order valence-corrected chi connectivity index (χ1v) is 6.89. The Hall–Kier alpha value is -1.77. The first-order valence-electron chi connectivity index (χ1n) is 6.51. The van der Waals surface area contributed by atoms with Crippen LogP contribution >= 0.6 is 11.6 Å². The zero-order chi connectivity index (χ0) is 18.7. The highest BCUT2D eigenvalue weighted by atomic mass is 35.5. The second-order valence-electron chi connectivity index (χ2n) is 4.68. The van der Waals surface area contributed by atoms with Crippen molar-refractivity contribution in [1.29, 1.82) is 0 Å². The minimum Gasteiger partial charge on any atom is -0.465 e. The monoisotopic (exact) mass is 376 g/mol. The molecule has 0 bridgehead atoms. The molecule has 0 aliphatic carbocycles. The number of halogens is 7. The molecule has 0 saturated heterocycles. The van der Waals surface area contributed by atoms with Gasteiger partial charge in [-0.25, -0.2) is 0 Å². The molecule has 0 aromatic heterocycles. The van der Waals surface area contributed by atoms with Crippen molar-refractivity contribution in [3.05, 3.63) is 34.3 Å². The predicted octanol–water partition coefficient (Wildman–Crippen LogP) is 4.21. The number of alkyl halides is 6. The van der Waals surface area contributed by atoms with Gasteiger partial charge in [-0.3, -0.25) is 9.59 Å². The Morgan fingerprint density at radius 2 is 1.75 bits per heavy atom. The van der Waals surface area contributed by atoms with Crippen molar-refractivity contribution < 1.29 is 40.7 Å². The molecule has 0 N–H and O–H groups in total. The Balaban J connectivity index is 3.13. The summed E-state index contributed by atoms with van der Waals surface area (Å²) in [6.07, 6.45) is -10.8. The van der Waals surface area contributed by atoms with Crippen molar-refractivity contribution in [3.63, 3.8) is 0 Å². The topological polar surface area (TPSA) is 43.4 Å². The normalized spacial score (nSPS) is 13.5. The van der Waals surface area contributed by atoms with Gasteiger partial charge >= 0.3 is 18.3 Å². The van der Waals surface area contributed by atoms with Gasteiger partial charge in [0, 0.05) is 0 Å². The van der Waals surface area contributed by atoms with Crippen LogP contribution in [0, 0.1) is 5.92 Å². The summed E-state index contributed by atoms with van der Waals surface area (Å²) in [4.78, 5) is 22.9. The number of carbonyl (C=O) groups excluding carboxylic acids is 2. The Morgan fingerprint density at radius 1 is 1.17 bits per heavy atom. The number of carbonyl (C=O) groups is 2. The lowest BCUT2D eigenvalue weighted by Gasteiger charge is -2.17. The fraction of sp³-hybridized carbons (Fsp3) is 0.429. The van der Waals surface area contributed by atoms with Crippen LogP contribution in [0.25, 0.3) is 0 Å². The SMILES string of the molecule is CCOC(=O)C(Cc1ccc(C(F)(F)F)c(Cl)c1)C(=O)C(F)(F)F. The number of ketones is 1. The summed E-state index contributed by atoms with van der Waals surface area (Å²) < 4.78 is 79.9. The molecule has 1 unspecified atom stereocenters. The van der Waals surface area contributed by atoms with Crippen LogP contribution in [0.5, 0.6) is 0 Å². The van der Waals surface area contributed by atoms with Crippen molar-refractivity contribution in [2.75, 3.05) is 6.61 Å². The fourth-order valence-corrected chi connectivity index (χ4v) is 2.18. The first-order chi connectivity index (χ1) is 10.9. The lowest BCUT2D eigenvalue weighted by Crippen LogP contribution is -2.37. The maximum Gasteiger partial charge on any atom is 0.450 e. The molecule has 0 spiro atoms. The third-order valence-corrected chi connectivity index (χ3v) is 3.26. The van der Waals surface area contributed by atoms with Gasteiger partial charge in [-0.2, -0.15) is 26.3 Å². The van der Waals surface area contributed by atoms with Crippen LogP contribution in [0.2, 0.25) is 5.02 Å². The van der Waals surface area contributed by atoms with Crippen molar-refractivity contribution in [1.82, 2.24) is 0 Å². The molecule has 0 amide bonds. The van der Waals surface area contributed by atoms with Crippen LogP contribution < -0.4 is 0 Å². The summed E-state index contributed by atoms with van der Waals surface area (Å²) in [7, 11) is 0. The molecule has 0 aliphatic heterocycles. The van der Waals surface area contributed by atoms with Crippen LogP contribution in [-0.2, 0) is 26.9 Å². The largest absolute Gasteiger partial charge is 0.465 e. The fourth-order valence-electron chi connectivity index (χ4n) is 1.87. The molecule has 1 atom stereocenters. The van der Waals surface area contributed by atoms with E-state index in [9.17, 15) is 35.9 Å². The summed E-state index contributed by atoms with van der Waals surface area (Å²) in [5.41, 5.74) is -1.31. The summed E-state index contributed by atoms with van der Waals surface area (Å²) in [6, 6.07) is 2.18. The van der Waals surface area contributed by atoms with E-state index in [-0.39, 0.29) is 12.2 Å². The summed E-state index contributed by atoms with van der Waals surface area (Å²) in [5.74, 6) is -5.95. The molecule has 0 fully saturated rings. The zero-order valence-electron chi connectivity index (χ0n) is 12.1. The van der Waals surface area contributed by atoms with Gasteiger partial charge in [0.05, 0.1) is 17.2 Å². The van der Waals surface area contributed by atoms with E-state index >= 15 is 0 Å². The molecule has 0 saturated carbocycles. The lowest BCUT2D eigenvalue weighted by molar-refractivity contribution is -0.180. The number of hydrogen-bond donors (Lipinski definition) is 0. The molecule has 0 aliphatic rings. The van der Waals surface area contributed by atoms with Crippen LogP contribution in [-0.4, -0.2) is 24.5 Å².